The molecular weight excluding hydrogens is 202 g/mol. The second-order valence-electron chi connectivity index (χ2n) is 3.60. The summed E-state index contributed by atoms with van der Waals surface area (Å²) in [5.41, 5.74) is 2.75. The van der Waals surface area contributed by atoms with E-state index in [0.29, 0.717) is 0 Å². The molecule has 0 spiro atoms. The van der Waals surface area contributed by atoms with Gasteiger partial charge in [-0.1, -0.05) is 5.21 Å². The predicted octanol–water partition coefficient (Wildman–Crippen LogP) is 1.84. The van der Waals surface area contributed by atoms with Crippen molar-refractivity contribution in [2.75, 3.05) is 0 Å². The van der Waals surface area contributed by atoms with Crippen LogP contribution in [0, 0.1) is 0 Å². The highest BCUT2D eigenvalue weighted by Crippen LogP contribution is 2.19. The predicted molar refractivity (Wildman–Crippen MR) is 60.8 cm³/mol. The van der Waals surface area contributed by atoms with Crippen LogP contribution in [0.25, 0.3) is 22.3 Å². The Balaban J connectivity index is 2.10. The quantitative estimate of drug-likeness (QED) is 0.706. The normalized spacial score (nSPS) is 11.1. The van der Waals surface area contributed by atoms with Crippen LogP contribution in [0.15, 0.2) is 30.7 Å². The lowest BCUT2D eigenvalue weighted by molar-refractivity contribution is 0.627. The summed E-state index contributed by atoms with van der Waals surface area (Å²) in [4.78, 5) is 7.38. The molecule has 0 unspecified atom stereocenters. The van der Waals surface area contributed by atoms with Crippen LogP contribution in [0.2, 0.25) is 0 Å². The van der Waals surface area contributed by atoms with Gasteiger partial charge < -0.3 is 4.98 Å². The summed E-state index contributed by atoms with van der Waals surface area (Å²) in [7, 11) is 0. The van der Waals surface area contributed by atoms with Gasteiger partial charge in [0.25, 0.3) is 0 Å². The highest BCUT2D eigenvalue weighted by Gasteiger charge is 2.05. The fraction of sp³-hybridized carbons (Fsp3) is 0.182. The monoisotopic (exact) mass is 213 g/mol. The second-order valence-corrected chi connectivity index (χ2v) is 3.60. The van der Waals surface area contributed by atoms with Gasteiger partial charge in [-0.15, -0.1) is 5.10 Å². The zero-order valence-electron chi connectivity index (χ0n) is 8.88. The summed E-state index contributed by atoms with van der Waals surface area (Å²) in [5, 5.41) is 9.21. The summed E-state index contributed by atoms with van der Waals surface area (Å²) in [6, 6.07) is 4.05. The third-order valence-corrected chi connectivity index (χ3v) is 2.56. The average molecular weight is 213 g/mol. The van der Waals surface area contributed by atoms with Crippen LogP contribution in [0.4, 0.5) is 0 Å². The molecule has 0 bridgehead atoms. The van der Waals surface area contributed by atoms with E-state index in [2.05, 4.69) is 26.3 Å². The molecule has 5 heteroatoms. The minimum atomic E-state index is 0.826. The standard InChI is InChI=1S/C11H11N5/c1-2-16-7-10(14-15-16)9-5-8-3-4-12-11(8)13-6-9/h3-7H,2H2,1H3,(H,12,13). The third-order valence-electron chi connectivity index (χ3n) is 2.56. The largest absolute Gasteiger partial charge is 0.346 e. The molecule has 0 aliphatic rings. The lowest BCUT2D eigenvalue weighted by atomic mass is 10.2. The Bertz CT molecular complexity index is 622. The van der Waals surface area contributed by atoms with Gasteiger partial charge in [-0.05, 0) is 19.1 Å². The Kier molecular flexibility index (Phi) is 1.96. The van der Waals surface area contributed by atoms with Crippen LogP contribution in [-0.4, -0.2) is 25.0 Å². The van der Waals surface area contributed by atoms with E-state index in [1.54, 1.807) is 4.68 Å². The number of hydrogen-bond acceptors (Lipinski definition) is 3. The number of fused-ring (bicyclic) bond motifs is 1. The Morgan fingerprint density at radius 3 is 3.19 bits per heavy atom. The molecule has 0 fully saturated rings. The number of nitrogens with zero attached hydrogens (tertiary/aromatic N) is 4. The van der Waals surface area contributed by atoms with Crippen molar-refractivity contribution < 1.29 is 0 Å². The van der Waals surface area contributed by atoms with E-state index >= 15 is 0 Å². The zero-order chi connectivity index (χ0) is 11.0. The Morgan fingerprint density at radius 1 is 1.44 bits per heavy atom. The van der Waals surface area contributed by atoms with Crippen molar-refractivity contribution in [2.45, 2.75) is 13.5 Å². The molecule has 5 nitrogen and oxygen atoms in total. The molecule has 3 aromatic rings. The van der Waals surface area contributed by atoms with E-state index in [4.69, 9.17) is 0 Å². The number of rotatable bonds is 2. The molecule has 0 aliphatic heterocycles. The average Bonchev–Trinajstić information content (AvgIpc) is 2.96. The molecule has 0 saturated carbocycles. The van der Waals surface area contributed by atoms with Gasteiger partial charge in [0.15, 0.2) is 0 Å². The zero-order valence-corrected chi connectivity index (χ0v) is 8.88. The molecule has 80 valence electrons. The molecule has 0 radical (unpaired) electrons. The number of nitrogens with one attached hydrogen (secondary N) is 1. The lowest BCUT2D eigenvalue weighted by Crippen LogP contribution is -1.93. The van der Waals surface area contributed by atoms with Crippen LogP contribution in [0.3, 0.4) is 0 Å². The number of hydrogen-bond donors (Lipinski definition) is 1. The highest BCUT2D eigenvalue weighted by molar-refractivity contribution is 5.80. The topological polar surface area (TPSA) is 59.4 Å². The molecule has 0 atom stereocenters. The van der Waals surface area contributed by atoms with Crippen molar-refractivity contribution in [3.8, 4) is 11.3 Å². The van der Waals surface area contributed by atoms with E-state index in [1.165, 1.54) is 0 Å². The summed E-state index contributed by atoms with van der Waals surface area (Å²) < 4.78 is 1.80. The molecule has 16 heavy (non-hydrogen) atoms. The van der Waals surface area contributed by atoms with E-state index in [0.717, 1.165) is 28.8 Å². The first-order valence-corrected chi connectivity index (χ1v) is 5.20. The molecule has 3 aromatic heterocycles. The van der Waals surface area contributed by atoms with Crippen LogP contribution >= 0.6 is 0 Å². The van der Waals surface area contributed by atoms with Crippen LogP contribution < -0.4 is 0 Å². The molecule has 0 amide bonds. The Hall–Kier alpha value is -2.17. The van der Waals surface area contributed by atoms with E-state index in [-0.39, 0.29) is 0 Å². The van der Waals surface area contributed by atoms with Crippen LogP contribution in [0.1, 0.15) is 6.92 Å². The smallest absolute Gasteiger partial charge is 0.137 e. The third kappa shape index (κ3) is 1.37. The second kappa shape index (κ2) is 3.44. The van der Waals surface area contributed by atoms with Crippen molar-refractivity contribution >= 4 is 11.0 Å². The maximum absolute atomic E-state index is 4.32. The number of aryl methyl sites for hydroxylation is 1. The van der Waals surface area contributed by atoms with Crippen molar-refractivity contribution in [1.82, 2.24) is 25.0 Å². The molecule has 0 aromatic carbocycles. The first-order valence-electron chi connectivity index (χ1n) is 5.20. The van der Waals surface area contributed by atoms with Crippen molar-refractivity contribution in [2.24, 2.45) is 0 Å². The maximum atomic E-state index is 4.32. The van der Waals surface area contributed by atoms with Gasteiger partial charge in [-0.2, -0.15) is 0 Å². The minimum absolute atomic E-state index is 0.826. The highest BCUT2D eigenvalue weighted by atomic mass is 15.4. The van der Waals surface area contributed by atoms with Gasteiger partial charge in [-0.3, -0.25) is 4.68 Å². The molecule has 3 rings (SSSR count). The van der Waals surface area contributed by atoms with Gasteiger partial charge in [0, 0.05) is 29.9 Å². The van der Waals surface area contributed by atoms with E-state index in [1.807, 2.05) is 31.6 Å². The summed E-state index contributed by atoms with van der Waals surface area (Å²) in [6.07, 6.45) is 5.61. The molecule has 0 aliphatic carbocycles. The summed E-state index contributed by atoms with van der Waals surface area (Å²) in [6.45, 7) is 2.86. The molecule has 3 heterocycles. The number of aromatic amines is 1. The van der Waals surface area contributed by atoms with Crippen molar-refractivity contribution in [3.63, 3.8) is 0 Å². The summed E-state index contributed by atoms with van der Waals surface area (Å²) in [5.74, 6) is 0. The van der Waals surface area contributed by atoms with Crippen molar-refractivity contribution in [1.29, 1.82) is 0 Å². The number of aromatic nitrogens is 5. The molecular formula is C11H11N5. The van der Waals surface area contributed by atoms with Crippen LogP contribution in [0.5, 0.6) is 0 Å². The first-order chi connectivity index (χ1) is 7.86. The molecule has 0 saturated heterocycles. The molecule has 1 N–H and O–H groups in total. The van der Waals surface area contributed by atoms with Crippen molar-refractivity contribution in [3.05, 3.63) is 30.7 Å². The van der Waals surface area contributed by atoms with Gasteiger partial charge in [0.05, 0.1) is 6.20 Å². The van der Waals surface area contributed by atoms with Crippen LogP contribution in [-0.2, 0) is 6.54 Å². The number of H-pyrrole nitrogens is 1. The van der Waals surface area contributed by atoms with E-state index in [9.17, 15) is 0 Å². The summed E-state index contributed by atoms with van der Waals surface area (Å²) >= 11 is 0. The Morgan fingerprint density at radius 2 is 2.38 bits per heavy atom. The van der Waals surface area contributed by atoms with Gasteiger partial charge in [0.1, 0.15) is 11.3 Å². The van der Waals surface area contributed by atoms with Gasteiger partial charge >= 0.3 is 0 Å². The Labute approximate surface area is 92.1 Å². The fourth-order valence-corrected chi connectivity index (χ4v) is 1.67. The number of pyridine rings is 1. The SMILES string of the molecule is CCn1cc(-c2cnc3[nH]ccc3c2)nn1. The van der Waals surface area contributed by atoms with E-state index < -0.39 is 0 Å². The fourth-order valence-electron chi connectivity index (χ4n) is 1.67. The minimum Gasteiger partial charge on any atom is -0.346 e. The lowest BCUT2D eigenvalue weighted by Gasteiger charge is -1.95. The van der Waals surface area contributed by atoms with Gasteiger partial charge in [0.2, 0.25) is 0 Å². The van der Waals surface area contributed by atoms with Gasteiger partial charge in [-0.25, -0.2) is 4.98 Å². The first kappa shape index (κ1) is 9.08. The maximum Gasteiger partial charge on any atom is 0.137 e.